The molecule has 0 saturated carbocycles. The minimum Gasteiger partial charge on any atom is -0.290 e. The largest absolute Gasteiger partial charge is 0.290 e. The van der Waals surface area contributed by atoms with Gasteiger partial charge in [-0.3, -0.25) is 4.79 Å². The lowest BCUT2D eigenvalue weighted by Gasteiger charge is -2.06. The van der Waals surface area contributed by atoms with E-state index in [1.165, 1.54) is 18.2 Å². The minimum atomic E-state index is -1.02. The van der Waals surface area contributed by atoms with Crippen LogP contribution in [-0.2, 0) is 0 Å². The van der Waals surface area contributed by atoms with Crippen LogP contribution in [0, 0.1) is 5.95 Å². The second-order valence-electron chi connectivity index (χ2n) is 2.66. The molecule has 0 unspecified atom stereocenters. The maximum atomic E-state index is 13.0. The van der Waals surface area contributed by atoms with Crippen molar-refractivity contribution < 1.29 is 8.87 Å². The molecule has 1 heterocycles. The van der Waals surface area contributed by atoms with Crippen molar-refractivity contribution in [1.29, 1.82) is 0 Å². The molecule has 0 saturated heterocycles. The highest BCUT2D eigenvalue weighted by molar-refractivity contribution is 5.60. The third-order valence-electron chi connectivity index (χ3n) is 1.80. The van der Waals surface area contributed by atoms with Gasteiger partial charge in [0.15, 0.2) is 5.43 Å². The standard InChI is InChI=1S/C9H5F2NO/c10-9-4-2-6-1-3-7(13)5-8(6)12(9)11/h1-5H. The van der Waals surface area contributed by atoms with Crippen LogP contribution in [0.25, 0.3) is 11.3 Å². The van der Waals surface area contributed by atoms with E-state index in [4.69, 9.17) is 0 Å². The molecular formula is C9H5F2NO. The van der Waals surface area contributed by atoms with Crippen molar-refractivity contribution in [2.24, 2.45) is 0 Å². The molecule has 1 aliphatic carbocycles. The summed E-state index contributed by atoms with van der Waals surface area (Å²) in [5.41, 5.74) is 0.0977. The highest BCUT2D eigenvalue weighted by Gasteiger charge is 2.09. The Kier molecular flexibility index (Phi) is 1.62. The van der Waals surface area contributed by atoms with E-state index in [-0.39, 0.29) is 15.9 Å². The van der Waals surface area contributed by atoms with Crippen molar-refractivity contribution in [3.05, 3.63) is 46.5 Å². The van der Waals surface area contributed by atoms with Gasteiger partial charge in [-0.2, -0.15) is 9.18 Å². The summed E-state index contributed by atoms with van der Waals surface area (Å²) >= 11 is 0. The first-order valence-corrected chi connectivity index (χ1v) is 3.66. The van der Waals surface area contributed by atoms with Gasteiger partial charge in [0.1, 0.15) is 0 Å². The van der Waals surface area contributed by atoms with Gasteiger partial charge in [-0.05, 0) is 24.3 Å². The first-order chi connectivity index (χ1) is 6.18. The van der Waals surface area contributed by atoms with Crippen LogP contribution >= 0.6 is 0 Å². The van der Waals surface area contributed by atoms with E-state index in [0.717, 1.165) is 12.1 Å². The van der Waals surface area contributed by atoms with E-state index >= 15 is 0 Å². The zero-order valence-corrected chi connectivity index (χ0v) is 6.50. The van der Waals surface area contributed by atoms with Gasteiger partial charge in [0.05, 0.1) is 5.69 Å². The lowest BCUT2D eigenvalue weighted by atomic mass is 10.1. The molecule has 0 fully saturated rings. The summed E-state index contributed by atoms with van der Waals surface area (Å²) in [4.78, 5) is 10.7. The van der Waals surface area contributed by atoms with E-state index in [2.05, 4.69) is 0 Å². The molecule has 0 bridgehead atoms. The predicted molar refractivity (Wildman–Crippen MR) is 43.8 cm³/mol. The molecule has 0 atom stereocenters. The molecule has 66 valence electrons. The predicted octanol–water partition coefficient (Wildman–Crippen LogP) is 1.82. The summed E-state index contributed by atoms with van der Waals surface area (Å²) in [5.74, 6) is -1.02. The molecule has 0 aromatic rings. The molecule has 0 spiro atoms. The lowest BCUT2D eigenvalue weighted by molar-refractivity contribution is 0.297. The van der Waals surface area contributed by atoms with Gasteiger partial charge in [-0.25, -0.2) is 0 Å². The van der Waals surface area contributed by atoms with Crippen LogP contribution in [0.4, 0.5) is 8.87 Å². The zero-order valence-electron chi connectivity index (χ0n) is 6.50. The first kappa shape index (κ1) is 7.91. The SMILES string of the molecule is O=c1ccc2ccc(F)n(F)c-2c1. The smallest absolute Gasteiger partial charge is 0.222 e. The number of hydrogen-bond donors (Lipinski definition) is 0. The van der Waals surface area contributed by atoms with Gasteiger partial charge in [-0.15, -0.1) is 0 Å². The molecule has 1 aliphatic heterocycles. The van der Waals surface area contributed by atoms with Crippen LogP contribution in [-0.4, -0.2) is 4.79 Å². The molecule has 13 heavy (non-hydrogen) atoms. The Balaban J connectivity index is 2.89. The molecule has 0 amide bonds. The normalized spacial score (nSPS) is 10.6. The van der Waals surface area contributed by atoms with Crippen LogP contribution in [0.5, 0.6) is 0 Å². The number of benzene rings is 1. The maximum absolute atomic E-state index is 13.0. The van der Waals surface area contributed by atoms with Gasteiger partial charge < -0.3 is 0 Å². The van der Waals surface area contributed by atoms with Crippen molar-refractivity contribution in [2.45, 2.75) is 0 Å². The fourth-order valence-electron chi connectivity index (χ4n) is 1.17. The molecule has 0 radical (unpaired) electrons. The quantitative estimate of drug-likeness (QED) is 0.568. The number of halogens is 2. The topological polar surface area (TPSA) is 22.0 Å². The fourth-order valence-corrected chi connectivity index (χ4v) is 1.17. The Morgan fingerprint density at radius 2 is 1.85 bits per heavy atom. The number of fused-ring (bicyclic) bond motifs is 1. The van der Waals surface area contributed by atoms with Crippen molar-refractivity contribution in [2.75, 3.05) is 0 Å². The summed E-state index contributed by atoms with van der Waals surface area (Å²) in [6.07, 6.45) is 0. The number of hydrogen-bond acceptors (Lipinski definition) is 1. The lowest BCUT2D eigenvalue weighted by Crippen LogP contribution is -2.05. The molecule has 0 N–H and O–H groups in total. The maximum Gasteiger partial charge on any atom is 0.222 e. The Morgan fingerprint density at radius 3 is 2.62 bits per heavy atom. The molecule has 0 aromatic carbocycles. The Hall–Kier alpha value is -1.71. The van der Waals surface area contributed by atoms with Gasteiger partial charge in [-0.1, -0.05) is 4.48 Å². The van der Waals surface area contributed by atoms with E-state index < -0.39 is 5.95 Å². The van der Waals surface area contributed by atoms with Crippen molar-refractivity contribution in [3.8, 4) is 11.3 Å². The van der Waals surface area contributed by atoms with E-state index in [0.29, 0.717) is 5.56 Å². The molecule has 0 aromatic heterocycles. The molecule has 2 aliphatic rings. The summed E-state index contributed by atoms with van der Waals surface area (Å²) in [6.45, 7) is 0. The Morgan fingerprint density at radius 1 is 1.15 bits per heavy atom. The third-order valence-corrected chi connectivity index (χ3v) is 1.80. The van der Waals surface area contributed by atoms with Crippen LogP contribution in [0.3, 0.4) is 0 Å². The highest BCUT2D eigenvalue weighted by Crippen LogP contribution is 2.20. The summed E-state index contributed by atoms with van der Waals surface area (Å²) in [5, 5.41) is 0. The molecule has 4 heteroatoms. The summed E-state index contributed by atoms with van der Waals surface area (Å²) < 4.78 is 25.6. The van der Waals surface area contributed by atoms with Crippen LogP contribution < -0.4 is 5.43 Å². The van der Waals surface area contributed by atoms with Crippen molar-refractivity contribution >= 4 is 0 Å². The van der Waals surface area contributed by atoms with E-state index in [1.54, 1.807) is 0 Å². The number of rotatable bonds is 0. The molecule has 2 rings (SSSR count). The van der Waals surface area contributed by atoms with Crippen LogP contribution in [0.15, 0.2) is 35.1 Å². The second-order valence-corrected chi connectivity index (χ2v) is 2.66. The number of aromatic nitrogens is 1. The first-order valence-electron chi connectivity index (χ1n) is 3.66. The molecule has 2 nitrogen and oxygen atoms in total. The number of pyridine rings is 1. The average Bonchev–Trinajstić information content (AvgIpc) is 2.12. The van der Waals surface area contributed by atoms with Gasteiger partial charge in [0.2, 0.25) is 5.95 Å². The van der Waals surface area contributed by atoms with Crippen LogP contribution in [0.2, 0.25) is 0 Å². The Labute approximate surface area is 72.3 Å². The zero-order chi connectivity index (χ0) is 9.42. The summed E-state index contributed by atoms with van der Waals surface area (Å²) in [6, 6.07) is 6.23. The van der Waals surface area contributed by atoms with Crippen LogP contribution in [0.1, 0.15) is 0 Å². The van der Waals surface area contributed by atoms with Crippen molar-refractivity contribution in [3.63, 3.8) is 0 Å². The van der Waals surface area contributed by atoms with E-state index in [1.807, 2.05) is 0 Å². The third kappa shape index (κ3) is 1.20. The minimum absolute atomic E-state index is 0.0486. The summed E-state index contributed by atoms with van der Waals surface area (Å²) in [7, 11) is 0. The molecular weight excluding hydrogens is 176 g/mol. The highest BCUT2D eigenvalue weighted by atomic mass is 19.2. The average molecular weight is 181 g/mol. The second kappa shape index (κ2) is 2.65. The van der Waals surface area contributed by atoms with Gasteiger partial charge in [0.25, 0.3) is 0 Å². The van der Waals surface area contributed by atoms with Gasteiger partial charge >= 0.3 is 0 Å². The van der Waals surface area contributed by atoms with Crippen molar-refractivity contribution in [1.82, 2.24) is 4.79 Å². The van der Waals surface area contributed by atoms with E-state index in [9.17, 15) is 13.7 Å². The monoisotopic (exact) mass is 181 g/mol. The van der Waals surface area contributed by atoms with Gasteiger partial charge in [0, 0.05) is 11.6 Å². The Bertz CT molecular complexity index is 478. The fraction of sp³-hybridized carbons (Fsp3) is 0. The number of nitrogens with zero attached hydrogens (tertiary/aromatic N) is 1.